The first-order valence-electron chi connectivity index (χ1n) is 7.80. The number of nitrogens with one attached hydrogen (secondary N) is 1. The van der Waals surface area contributed by atoms with Gasteiger partial charge < -0.3 is 4.74 Å². The van der Waals surface area contributed by atoms with E-state index in [-0.39, 0.29) is 11.6 Å². The quantitative estimate of drug-likeness (QED) is 0.318. The lowest BCUT2D eigenvalue weighted by molar-refractivity contribution is -0.0742. The van der Waals surface area contributed by atoms with Crippen molar-refractivity contribution in [1.29, 1.82) is 0 Å². The van der Waals surface area contributed by atoms with Gasteiger partial charge >= 0.3 is 0 Å². The van der Waals surface area contributed by atoms with Gasteiger partial charge in [0.15, 0.2) is 0 Å². The second-order valence-corrected chi connectivity index (χ2v) is 5.13. The van der Waals surface area contributed by atoms with Gasteiger partial charge in [-0.3, -0.25) is 11.3 Å². The van der Waals surface area contributed by atoms with Gasteiger partial charge in [0, 0.05) is 6.61 Å². The van der Waals surface area contributed by atoms with E-state index in [0.717, 1.165) is 25.9 Å². The predicted molar refractivity (Wildman–Crippen MR) is 79.4 cm³/mol. The summed E-state index contributed by atoms with van der Waals surface area (Å²) in [5.41, 5.74) is 2.91. The van der Waals surface area contributed by atoms with Gasteiger partial charge in [0.05, 0.1) is 11.6 Å². The number of rotatable bonds is 12. The number of ether oxygens (including phenoxy) is 1. The molecule has 3 nitrogen and oxygen atoms in total. The second kappa shape index (κ2) is 10.8. The van der Waals surface area contributed by atoms with Crippen molar-refractivity contribution in [3.05, 3.63) is 0 Å². The monoisotopic (exact) mass is 258 g/mol. The molecule has 18 heavy (non-hydrogen) atoms. The summed E-state index contributed by atoms with van der Waals surface area (Å²) in [5, 5.41) is 0. The summed E-state index contributed by atoms with van der Waals surface area (Å²) in [6.07, 6.45) is 9.67. The fraction of sp³-hybridized carbons (Fsp3) is 1.00. The van der Waals surface area contributed by atoms with Crippen molar-refractivity contribution in [2.45, 2.75) is 90.7 Å². The van der Waals surface area contributed by atoms with Gasteiger partial charge in [-0.05, 0) is 26.2 Å². The molecule has 0 aliphatic heterocycles. The molecule has 0 aliphatic rings. The molecule has 0 heterocycles. The zero-order chi connectivity index (χ0) is 13.9. The first-order valence-corrected chi connectivity index (χ1v) is 7.80. The molecule has 0 aromatic rings. The number of hydrazine groups is 1. The zero-order valence-electron chi connectivity index (χ0n) is 12.9. The maximum Gasteiger partial charge on any atom is 0.0842 e. The van der Waals surface area contributed by atoms with Crippen LogP contribution in [-0.2, 0) is 4.74 Å². The zero-order valence-corrected chi connectivity index (χ0v) is 12.9. The van der Waals surface area contributed by atoms with Gasteiger partial charge in [0.2, 0.25) is 0 Å². The Kier molecular flexibility index (Phi) is 10.7. The van der Waals surface area contributed by atoms with Crippen molar-refractivity contribution in [3.63, 3.8) is 0 Å². The average Bonchev–Trinajstić information content (AvgIpc) is 2.41. The summed E-state index contributed by atoms with van der Waals surface area (Å²) >= 11 is 0. The fourth-order valence-corrected chi connectivity index (χ4v) is 2.79. The molecule has 1 unspecified atom stereocenters. The van der Waals surface area contributed by atoms with Gasteiger partial charge in [-0.25, -0.2) is 0 Å². The molecule has 0 saturated carbocycles. The van der Waals surface area contributed by atoms with Gasteiger partial charge in [0.25, 0.3) is 0 Å². The van der Waals surface area contributed by atoms with Crippen molar-refractivity contribution < 1.29 is 4.74 Å². The highest BCUT2D eigenvalue weighted by Crippen LogP contribution is 2.28. The van der Waals surface area contributed by atoms with E-state index in [1.807, 2.05) is 0 Å². The Bertz CT molecular complexity index is 181. The van der Waals surface area contributed by atoms with E-state index in [1.165, 1.54) is 32.1 Å². The number of hydrogen-bond acceptors (Lipinski definition) is 3. The molecule has 0 radical (unpaired) electrons. The first kappa shape index (κ1) is 17.9. The van der Waals surface area contributed by atoms with E-state index < -0.39 is 0 Å². The Hall–Kier alpha value is -0.120. The van der Waals surface area contributed by atoms with Crippen LogP contribution in [-0.4, -0.2) is 18.2 Å². The molecule has 0 amide bonds. The summed E-state index contributed by atoms with van der Waals surface area (Å²) in [5.74, 6) is 5.75. The third kappa shape index (κ3) is 5.68. The molecule has 0 aromatic carbocycles. The summed E-state index contributed by atoms with van der Waals surface area (Å²) in [4.78, 5) is 0. The Labute approximate surface area is 114 Å². The normalized spacial score (nSPS) is 13.8. The van der Waals surface area contributed by atoms with Gasteiger partial charge in [-0.2, -0.15) is 0 Å². The summed E-state index contributed by atoms with van der Waals surface area (Å²) in [6.45, 7) is 9.46. The third-order valence-electron chi connectivity index (χ3n) is 4.06. The van der Waals surface area contributed by atoms with Crippen LogP contribution in [0.1, 0.15) is 79.1 Å². The molecule has 0 aromatic heterocycles. The minimum atomic E-state index is -0.0890. The lowest BCUT2D eigenvalue weighted by atomic mass is 9.85. The highest BCUT2D eigenvalue weighted by molar-refractivity contribution is 4.90. The van der Waals surface area contributed by atoms with Gasteiger partial charge in [-0.1, -0.05) is 52.9 Å². The third-order valence-corrected chi connectivity index (χ3v) is 4.06. The Balaban J connectivity index is 4.24. The lowest BCUT2D eigenvalue weighted by Crippen LogP contribution is -2.54. The lowest BCUT2D eigenvalue weighted by Gasteiger charge is -2.39. The minimum Gasteiger partial charge on any atom is -0.374 e. The van der Waals surface area contributed by atoms with Crippen LogP contribution < -0.4 is 11.3 Å². The molecule has 0 fully saturated rings. The molecule has 3 heteroatoms. The number of unbranched alkanes of at least 4 members (excludes halogenated alkanes) is 4. The smallest absolute Gasteiger partial charge is 0.0842 e. The van der Waals surface area contributed by atoms with Crippen LogP contribution in [0.4, 0.5) is 0 Å². The van der Waals surface area contributed by atoms with E-state index in [9.17, 15) is 0 Å². The van der Waals surface area contributed by atoms with Gasteiger partial charge in [0.1, 0.15) is 0 Å². The van der Waals surface area contributed by atoms with Crippen LogP contribution in [0.15, 0.2) is 0 Å². The number of hydrogen-bond donors (Lipinski definition) is 2. The molecular formula is C15H34N2O. The average molecular weight is 258 g/mol. The van der Waals surface area contributed by atoms with Crippen LogP contribution in [0.3, 0.4) is 0 Å². The maximum atomic E-state index is 6.02. The Morgan fingerprint density at radius 2 is 1.61 bits per heavy atom. The first-order chi connectivity index (χ1) is 8.70. The molecule has 3 N–H and O–H groups in total. The highest BCUT2D eigenvalue weighted by atomic mass is 16.5. The number of nitrogens with two attached hydrogens (primary N) is 1. The molecule has 0 spiro atoms. The molecule has 0 aliphatic carbocycles. The largest absolute Gasteiger partial charge is 0.374 e. The molecule has 0 rings (SSSR count). The van der Waals surface area contributed by atoms with Crippen LogP contribution in [0.2, 0.25) is 0 Å². The van der Waals surface area contributed by atoms with Gasteiger partial charge in [-0.15, -0.1) is 0 Å². The SMILES string of the molecule is CCCCCCCC(NN)C(CC)(CC)OCC. The topological polar surface area (TPSA) is 47.3 Å². The van der Waals surface area contributed by atoms with Crippen LogP contribution >= 0.6 is 0 Å². The van der Waals surface area contributed by atoms with E-state index >= 15 is 0 Å². The highest BCUT2D eigenvalue weighted by Gasteiger charge is 2.35. The fourth-order valence-electron chi connectivity index (χ4n) is 2.79. The van der Waals surface area contributed by atoms with Crippen molar-refractivity contribution >= 4 is 0 Å². The van der Waals surface area contributed by atoms with E-state index in [1.54, 1.807) is 0 Å². The minimum absolute atomic E-state index is 0.0890. The standard InChI is InChI=1S/C15H34N2O/c1-5-9-10-11-12-13-14(17-16)15(6-2,7-3)18-8-4/h14,17H,5-13,16H2,1-4H3. The van der Waals surface area contributed by atoms with Crippen LogP contribution in [0.25, 0.3) is 0 Å². The van der Waals surface area contributed by atoms with E-state index in [4.69, 9.17) is 10.6 Å². The van der Waals surface area contributed by atoms with Crippen molar-refractivity contribution in [2.24, 2.45) is 5.84 Å². The maximum absolute atomic E-state index is 6.02. The van der Waals surface area contributed by atoms with Crippen molar-refractivity contribution in [1.82, 2.24) is 5.43 Å². The Morgan fingerprint density at radius 3 is 2.06 bits per heavy atom. The molecular weight excluding hydrogens is 224 g/mol. The Morgan fingerprint density at radius 1 is 1.00 bits per heavy atom. The molecule has 1 atom stereocenters. The van der Waals surface area contributed by atoms with Crippen LogP contribution in [0.5, 0.6) is 0 Å². The summed E-state index contributed by atoms with van der Waals surface area (Å²) in [6, 6.07) is 0.272. The van der Waals surface area contributed by atoms with E-state index in [2.05, 4.69) is 33.1 Å². The van der Waals surface area contributed by atoms with E-state index in [0.29, 0.717) is 0 Å². The molecule has 110 valence electrons. The van der Waals surface area contributed by atoms with Crippen molar-refractivity contribution in [2.75, 3.05) is 6.61 Å². The summed E-state index contributed by atoms with van der Waals surface area (Å²) in [7, 11) is 0. The second-order valence-electron chi connectivity index (χ2n) is 5.13. The van der Waals surface area contributed by atoms with Crippen molar-refractivity contribution in [3.8, 4) is 0 Å². The molecule has 0 saturated heterocycles. The molecule has 0 bridgehead atoms. The predicted octanol–water partition coefficient (Wildman–Crippen LogP) is 3.77. The summed E-state index contributed by atoms with van der Waals surface area (Å²) < 4.78 is 6.02. The van der Waals surface area contributed by atoms with Crippen LogP contribution in [0, 0.1) is 0 Å².